The highest BCUT2D eigenvalue weighted by atomic mass is 79.9. The first-order valence-corrected chi connectivity index (χ1v) is 5.10. The van der Waals surface area contributed by atoms with Crippen molar-refractivity contribution in [3.8, 4) is 0 Å². The first kappa shape index (κ1) is 11.0. The standard InChI is InChI=1S/C9H15BrN4/c1-12-5-4-6(13-2)8(11)9(14-3)7(5)10/h4,12-14H,11H2,1-3H3. The van der Waals surface area contributed by atoms with E-state index in [1.807, 2.05) is 27.2 Å². The molecule has 0 spiro atoms. The third-order valence-electron chi connectivity index (χ3n) is 2.09. The lowest BCUT2D eigenvalue weighted by atomic mass is 10.2. The largest absolute Gasteiger partial charge is 0.395 e. The molecule has 0 saturated carbocycles. The Labute approximate surface area is 92.4 Å². The molecule has 1 aromatic carbocycles. The summed E-state index contributed by atoms with van der Waals surface area (Å²) in [5.41, 5.74) is 9.44. The lowest BCUT2D eigenvalue weighted by molar-refractivity contribution is 1.41. The fourth-order valence-corrected chi connectivity index (χ4v) is 2.03. The molecule has 0 radical (unpaired) electrons. The molecule has 0 aliphatic carbocycles. The zero-order chi connectivity index (χ0) is 10.7. The Kier molecular flexibility index (Phi) is 3.46. The monoisotopic (exact) mass is 258 g/mol. The quantitative estimate of drug-likeness (QED) is 0.628. The van der Waals surface area contributed by atoms with Gasteiger partial charge in [0.25, 0.3) is 0 Å². The molecular weight excluding hydrogens is 244 g/mol. The third kappa shape index (κ3) is 1.72. The highest BCUT2D eigenvalue weighted by Crippen LogP contribution is 2.40. The average molecular weight is 259 g/mol. The summed E-state index contributed by atoms with van der Waals surface area (Å²) in [6, 6.07) is 1.96. The van der Waals surface area contributed by atoms with Crippen molar-refractivity contribution in [1.82, 2.24) is 0 Å². The van der Waals surface area contributed by atoms with Crippen LogP contribution in [-0.2, 0) is 0 Å². The van der Waals surface area contributed by atoms with E-state index >= 15 is 0 Å². The van der Waals surface area contributed by atoms with E-state index in [-0.39, 0.29) is 0 Å². The van der Waals surface area contributed by atoms with Gasteiger partial charge in [-0.15, -0.1) is 0 Å². The molecule has 0 fully saturated rings. The van der Waals surface area contributed by atoms with Crippen LogP contribution in [0.5, 0.6) is 0 Å². The second-order valence-electron chi connectivity index (χ2n) is 2.82. The second kappa shape index (κ2) is 4.41. The van der Waals surface area contributed by atoms with Gasteiger partial charge < -0.3 is 21.7 Å². The molecule has 0 atom stereocenters. The molecule has 4 nitrogen and oxygen atoms in total. The number of anilines is 4. The first-order chi connectivity index (χ1) is 6.65. The Morgan fingerprint density at radius 2 is 1.64 bits per heavy atom. The van der Waals surface area contributed by atoms with Gasteiger partial charge in [0.05, 0.1) is 27.2 Å². The number of halogens is 1. The molecule has 0 amide bonds. The summed E-state index contributed by atoms with van der Waals surface area (Å²) in [7, 11) is 5.56. The molecule has 0 unspecified atom stereocenters. The summed E-state index contributed by atoms with van der Waals surface area (Å²) in [5.74, 6) is 0. The lowest BCUT2D eigenvalue weighted by Gasteiger charge is -2.16. The van der Waals surface area contributed by atoms with E-state index in [2.05, 4.69) is 31.9 Å². The highest BCUT2D eigenvalue weighted by Gasteiger charge is 2.11. The molecule has 5 heteroatoms. The molecule has 5 N–H and O–H groups in total. The van der Waals surface area contributed by atoms with Gasteiger partial charge in [0.2, 0.25) is 0 Å². The predicted molar refractivity (Wildman–Crippen MR) is 67.2 cm³/mol. The Hall–Kier alpha value is -1.10. The summed E-state index contributed by atoms with van der Waals surface area (Å²) in [6.45, 7) is 0. The number of hydrogen-bond donors (Lipinski definition) is 4. The smallest absolute Gasteiger partial charge is 0.0798 e. The summed E-state index contributed by atoms with van der Waals surface area (Å²) >= 11 is 3.48. The first-order valence-electron chi connectivity index (χ1n) is 4.31. The van der Waals surface area contributed by atoms with Crippen molar-refractivity contribution in [3.05, 3.63) is 10.5 Å². The van der Waals surface area contributed by atoms with E-state index in [4.69, 9.17) is 5.73 Å². The molecule has 78 valence electrons. The van der Waals surface area contributed by atoms with Crippen LogP contribution in [0.2, 0.25) is 0 Å². The van der Waals surface area contributed by atoms with Gasteiger partial charge in [0.15, 0.2) is 0 Å². The Balaban J connectivity index is 3.39. The van der Waals surface area contributed by atoms with Crippen molar-refractivity contribution < 1.29 is 0 Å². The molecular formula is C9H15BrN4. The maximum Gasteiger partial charge on any atom is 0.0798 e. The summed E-state index contributed by atoms with van der Waals surface area (Å²) in [5, 5.41) is 9.20. The van der Waals surface area contributed by atoms with Crippen LogP contribution >= 0.6 is 15.9 Å². The number of rotatable bonds is 3. The van der Waals surface area contributed by atoms with Gasteiger partial charge in [0, 0.05) is 21.1 Å². The van der Waals surface area contributed by atoms with Crippen LogP contribution in [0, 0.1) is 0 Å². The van der Waals surface area contributed by atoms with Crippen molar-refractivity contribution in [1.29, 1.82) is 0 Å². The van der Waals surface area contributed by atoms with Crippen LogP contribution in [0.4, 0.5) is 22.7 Å². The SMILES string of the molecule is CNc1cc(NC)c(Br)c(NC)c1N. The third-order valence-corrected chi connectivity index (χ3v) is 2.92. The minimum absolute atomic E-state index is 0.709. The van der Waals surface area contributed by atoms with Gasteiger partial charge in [-0.05, 0) is 22.0 Å². The van der Waals surface area contributed by atoms with Gasteiger partial charge in [0.1, 0.15) is 0 Å². The van der Waals surface area contributed by atoms with Gasteiger partial charge >= 0.3 is 0 Å². The fourth-order valence-electron chi connectivity index (χ4n) is 1.31. The maximum absolute atomic E-state index is 5.95. The van der Waals surface area contributed by atoms with Crippen LogP contribution in [0.1, 0.15) is 0 Å². The van der Waals surface area contributed by atoms with Crippen molar-refractivity contribution in [2.75, 3.05) is 42.8 Å². The number of nitrogens with two attached hydrogens (primary N) is 1. The number of benzene rings is 1. The minimum Gasteiger partial charge on any atom is -0.395 e. The van der Waals surface area contributed by atoms with Gasteiger partial charge in [-0.3, -0.25) is 0 Å². The predicted octanol–water partition coefficient (Wildman–Crippen LogP) is 2.16. The zero-order valence-electron chi connectivity index (χ0n) is 8.53. The van der Waals surface area contributed by atoms with Gasteiger partial charge in [-0.1, -0.05) is 0 Å². The number of nitrogens with one attached hydrogen (secondary N) is 3. The molecule has 14 heavy (non-hydrogen) atoms. The second-order valence-corrected chi connectivity index (χ2v) is 3.62. The molecule has 1 rings (SSSR count). The van der Waals surface area contributed by atoms with Crippen molar-refractivity contribution in [2.45, 2.75) is 0 Å². The maximum atomic E-state index is 5.95. The zero-order valence-corrected chi connectivity index (χ0v) is 10.1. The summed E-state index contributed by atoms with van der Waals surface area (Å²) in [4.78, 5) is 0. The van der Waals surface area contributed by atoms with Crippen LogP contribution in [0.25, 0.3) is 0 Å². The van der Waals surface area contributed by atoms with E-state index in [1.165, 1.54) is 0 Å². The normalized spacial score (nSPS) is 9.71. The average Bonchev–Trinajstić information content (AvgIpc) is 2.19. The van der Waals surface area contributed by atoms with E-state index in [1.54, 1.807) is 0 Å². The fraction of sp³-hybridized carbons (Fsp3) is 0.333. The molecule has 0 heterocycles. The minimum atomic E-state index is 0.709. The van der Waals surface area contributed by atoms with Crippen LogP contribution in [0.15, 0.2) is 10.5 Å². The highest BCUT2D eigenvalue weighted by molar-refractivity contribution is 9.10. The van der Waals surface area contributed by atoms with Crippen molar-refractivity contribution in [2.24, 2.45) is 0 Å². The Morgan fingerprint density at radius 3 is 2.07 bits per heavy atom. The summed E-state index contributed by atoms with van der Waals surface area (Å²) in [6.07, 6.45) is 0. The topological polar surface area (TPSA) is 62.1 Å². The van der Waals surface area contributed by atoms with Gasteiger partial charge in [-0.2, -0.15) is 0 Å². The van der Waals surface area contributed by atoms with Crippen LogP contribution in [0.3, 0.4) is 0 Å². The van der Waals surface area contributed by atoms with Gasteiger partial charge in [-0.25, -0.2) is 0 Å². The van der Waals surface area contributed by atoms with E-state index in [0.717, 1.165) is 21.5 Å². The molecule has 1 aromatic rings. The number of hydrogen-bond acceptors (Lipinski definition) is 4. The Bertz CT molecular complexity index is 310. The molecule has 0 bridgehead atoms. The van der Waals surface area contributed by atoms with E-state index in [0.29, 0.717) is 5.69 Å². The van der Waals surface area contributed by atoms with E-state index in [9.17, 15) is 0 Å². The molecule has 0 aliphatic heterocycles. The lowest BCUT2D eigenvalue weighted by Crippen LogP contribution is -2.04. The summed E-state index contributed by atoms with van der Waals surface area (Å²) < 4.78 is 0.944. The molecule has 0 saturated heterocycles. The number of nitrogen functional groups attached to an aromatic ring is 1. The van der Waals surface area contributed by atoms with Crippen LogP contribution < -0.4 is 21.7 Å². The molecule has 0 aromatic heterocycles. The van der Waals surface area contributed by atoms with E-state index < -0.39 is 0 Å². The molecule has 0 aliphatic rings. The van der Waals surface area contributed by atoms with Crippen molar-refractivity contribution >= 4 is 38.7 Å². The van der Waals surface area contributed by atoms with Crippen molar-refractivity contribution in [3.63, 3.8) is 0 Å². The van der Waals surface area contributed by atoms with Crippen LogP contribution in [-0.4, -0.2) is 21.1 Å². The Morgan fingerprint density at radius 1 is 1.07 bits per heavy atom.